The molecule has 0 aliphatic rings. The number of fused-ring (bicyclic) bond motifs is 2. The Morgan fingerprint density at radius 1 is 0.424 bits per heavy atom. The van der Waals surface area contributed by atoms with E-state index in [1.165, 1.54) is 71.6 Å². The van der Waals surface area contributed by atoms with Crippen molar-refractivity contribution in [1.29, 1.82) is 0 Å². The summed E-state index contributed by atoms with van der Waals surface area (Å²) in [5.74, 6) is 0. The maximum Gasteiger partial charge on any atom is 0.0260 e. The van der Waals surface area contributed by atoms with E-state index in [4.69, 9.17) is 0 Å². The molecule has 0 amide bonds. The van der Waals surface area contributed by atoms with Gasteiger partial charge in [-0.15, -0.1) is 0 Å². The van der Waals surface area contributed by atoms with E-state index >= 15 is 0 Å². The molecule has 0 spiro atoms. The van der Waals surface area contributed by atoms with E-state index in [-0.39, 0.29) is 0 Å². The second-order valence-electron chi connectivity index (χ2n) is 8.97. The molecule has 164 valence electrons. The summed E-state index contributed by atoms with van der Waals surface area (Å²) < 4.78 is 2.26. The fourth-order valence-electron chi connectivity index (χ4n) is 5.20. The van der Waals surface area contributed by atoms with Gasteiger partial charge in [0.2, 0.25) is 0 Å². The fourth-order valence-corrected chi connectivity index (χ4v) is 6.26. The average Bonchev–Trinajstić information content (AvgIpc) is 2.83. The van der Waals surface area contributed by atoms with Crippen LogP contribution >= 0.6 is 31.9 Å². The SMILES string of the molecule is Cc1c(C)c(C)c(-c2cc(Br)c3ccccc3c2-c2ccc(Br)c3ccccc23)c(C)c1C. The van der Waals surface area contributed by atoms with Gasteiger partial charge >= 0.3 is 0 Å². The standard InChI is InChI=1S/C31H26Br2/c1-17-18(2)20(4)30(21(5)19(17)3)27-16-29(33)24-12-8-9-13-25(24)31(27)26-14-15-28(32)23-11-7-6-10-22(23)26/h6-16H,1-5H3. The largest absolute Gasteiger partial charge is 0.0616 e. The first-order valence-corrected chi connectivity index (χ1v) is 12.9. The van der Waals surface area contributed by atoms with Crippen LogP contribution in [0.2, 0.25) is 0 Å². The predicted octanol–water partition coefficient (Wildman–Crippen LogP) is 10.4. The summed E-state index contributed by atoms with van der Waals surface area (Å²) in [5, 5.41) is 5.00. The highest BCUT2D eigenvalue weighted by Gasteiger charge is 2.21. The molecule has 0 saturated heterocycles. The monoisotopic (exact) mass is 556 g/mol. The summed E-state index contributed by atoms with van der Waals surface area (Å²) in [6.07, 6.45) is 0. The average molecular weight is 558 g/mol. The molecule has 0 heterocycles. The maximum atomic E-state index is 3.91. The smallest absolute Gasteiger partial charge is 0.0260 e. The van der Waals surface area contributed by atoms with E-state index < -0.39 is 0 Å². The van der Waals surface area contributed by atoms with Gasteiger partial charge in [-0.1, -0.05) is 86.5 Å². The lowest BCUT2D eigenvalue weighted by molar-refractivity contribution is 1.18. The third kappa shape index (κ3) is 3.47. The number of benzene rings is 5. The summed E-state index contributed by atoms with van der Waals surface area (Å²) in [4.78, 5) is 0. The Labute approximate surface area is 212 Å². The minimum absolute atomic E-state index is 1.12. The molecule has 0 nitrogen and oxygen atoms in total. The Balaban J connectivity index is 2.02. The summed E-state index contributed by atoms with van der Waals surface area (Å²) in [6, 6.07) is 24.2. The van der Waals surface area contributed by atoms with Crippen LogP contribution in [-0.2, 0) is 0 Å². The van der Waals surface area contributed by atoms with Crippen LogP contribution in [0.25, 0.3) is 43.8 Å². The topological polar surface area (TPSA) is 0 Å². The molecule has 2 heteroatoms. The molecule has 5 aromatic rings. The Kier molecular flexibility index (Phi) is 5.71. The molecule has 0 bridgehead atoms. The van der Waals surface area contributed by atoms with Crippen molar-refractivity contribution in [1.82, 2.24) is 0 Å². The molecular weight excluding hydrogens is 532 g/mol. The first-order chi connectivity index (χ1) is 15.8. The zero-order chi connectivity index (χ0) is 23.4. The van der Waals surface area contributed by atoms with Gasteiger partial charge in [-0.05, 0) is 118 Å². The lowest BCUT2D eigenvalue weighted by atomic mass is 9.81. The quantitative estimate of drug-likeness (QED) is 0.202. The van der Waals surface area contributed by atoms with Crippen LogP contribution in [-0.4, -0.2) is 0 Å². The second kappa shape index (κ2) is 8.42. The molecular formula is C31H26Br2. The summed E-state index contributed by atoms with van der Waals surface area (Å²) in [6.45, 7) is 11.3. The zero-order valence-electron chi connectivity index (χ0n) is 19.6. The van der Waals surface area contributed by atoms with Crippen LogP contribution < -0.4 is 0 Å². The third-order valence-electron chi connectivity index (χ3n) is 7.40. The highest BCUT2D eigenvalue weighted by atomic mass is 79.9. The van der Waals surface area contributed by atoms with E-state index in [0.717, 1.165) is 8.95 Å². The summed E-state index contributed by atoms with van der Waals surface area (Å²) in [7, 11) is 0. The summed E-state index contributed by atoms with van der Waals surface area (Å²) >= 11 is 7.68. The van der Waals surface area contributed by atoms with Crippen molar-refractivity contribution in [2.24, 2.45) is 0 Å². The summed E-state index contributed by atoms with van der Waals surface area (Å²) in [5.41, 5.74) is 12.1. The Morgan fingerprint density at radius 3 is 1.52 bits per heavy atom. The van der Waals surface area contributed by atoms with Gasteiger partial charge in [-0.25, -0.2) is 0 Å². The molecule has 33 heavy (non-hydrogen) atoms. The highest BCUT2D eigenvalue weighted by Crippen LogP contribution is 2.47. The molecule has 0 aliphatic carbocycles. The van der Waals surface area contributed by atoms with Gasteiger partial charge < -0.3 is 0 Å². The number of hydrogen-bond acceptors (Lipinski definition) is 0. The van der Waals surface area contributed by atoms with Gasteiger partial charge in [0.1, 0.15) is 0 Å². The maximum absolute atomic E-state index is 3.91. The van der Waals surface area contributed by atoms with Crippen LogP contribution in [0.3, 0.4) is 0 Å². The molecule has 0 atom stereocenters. The van der Waals surface area contributed by atoms with Crippen LogP contribution in [0.15, 0.2) is 75.7 Å². The lowest BCUT2D eigenvalue weighted by Crippen LogP contribution is -2.01. The Bertz CT molecular complexity index is 1550. The molecule has 0 aromatic heterocycles. The van der Waals surface area contributed by atoms with E-state index in [0.29, 0.717) is 0 Å². The van der Waals surface area contributed by atoms with Crippen LogP contribution in [0, 0.1) is 34.6 Å². The molecule has 5 aromatic carbocycles. The fraction of sp³-hybridized carbons (Fsp3) is 0.161. The minimum atomic E-state index is 1.12. The molecule has 0 aliphatic heterocycles. The van der Waals surface area contributed by atoms with Gasteiger partial charge in [-0.3, -0.25) is 0 Å². The van der Waals surface area contributed by atoms with Crippen LogP contribution in [0.1, 0.15) is 27.8 Å². The van der Waals surface area contributed by atoms with Gasteiger partial charge in [0.15, 0.2) is 0 Å². The van der Waals surface area contributed by atoms with E-state index in [9.17, 15) is 0 Å². The number of halogens is 2. The van der Waals surface area contributed by atoms with Gasteiger partial charge in [0.05, 0.1) is 0 Å². The number of hydrogen-bond donors (Lipinski definition) is 0. The van der Waals surface area contributed by atoms with Crippen molar-refractivity contribution in [3.8, 4) is 22.3 Å². The second-order valence-corrected chi connectivity index (χ2v) is 10.7. The highest BCUT2D eigenvalue weighted by molar-refractivity contribution is 9.11. The van der Waals surface area contributed by atoms with Gasteiger partial charge in [0.25, 0.3) is 0 Å². The predicted molar refractivity (Wildman–Crippen MR) is 151 cm³/mol. The van der Waals surface area contributed by atoms with Crippen molar-refractivity contribution in [2.45, 2.75) is 34.6 Å². The first-order valence-electron chi connectivity index (χ1n) is 11.3. The zero-order valence-corrected chi connectivity index (χ0v) is 22.8. The van der Waals surface area contributed by atoms with E-state index in [2.05, 4.69) is 133 Å². The molecule has 0 saturated carbocycles. The van der Waals surface area contributed by atoms with E-state index in [1.807, 2.05) is 0 Å². The van der Waals surface area contributed by atoms with Crippen LogP contribution in [0.5, 0.6) is 0 Å². The molecule has 0 fully saturated rings. The first kappa shape index (κ1) is 22.4. The normalized spacial score (nSPS) is 11.5. The van der Waals surface area contributed by atoms with Crippen molar-refractivity contribution in [2.75, 3.05) is 0 Å². The molecule has 5 rings (SSSR count). The Morgan fingerprint density at radius 2 is 0.909 bits per heavy atom. The molecule has 0 unspecified atom stereocenters. The van der Waals surface area contributed by atoms with Crippen molar-refractivity contribution in [3.63, 3.8) is 0 Å². The number of rotatable bonds is 2. The van der Waals surface area contributed by atoms with Crippen molar-refractivity contribution in [3.05, 3.63) is 103 Å². The van der Waals surface area contributed by atoms with Gasteiger partial charge in [-0.2, -0.15) is 0 Å². The lowest BCUT2D eigenvalue weighted by Gasteiger charge is -2.23. The Hall–Kier alpha value is -2.42. The third-order valence-corrected chi connectivity index (χ3v) is 8.75. The van der Waals surface area contributed by atoms with Crippen molar-refractivity contribution >= 4 is 53.4 Å². The van der Waals surface area contributed by atoms with Crippen LogP contribution in [0.4, 0.5) is 0 Å². The van der Waals surface area contributed by atoms with Gasteiger partial charge in [0, 0.05) is 8.95 Å². The van der Waals surface area contributed by atoms with Crippen molar-refractivity contribution < 1.29 is 0 Å². The molecule has 0 N–H and O–H groups in total. The van der Waals surface area contributed by atoms with E-state index in [1.54, 1.807) is 0 Å². The molecule has 0 radical (unpaired) electrons. The minimum Gasteiger partial charge on any atom is -0.0616 e.